The van der Waals surface area contributed by atoms with E-state index in [1.165, 1.54) is 23.0 Å². The fraction of sp³-hybridized carbons (Fsp3) is 0.190. The minimum atomic E-state index is -1.31. The second-order valence-electron chi connectivity index (χ2n) is 5.97. The molecular weight excluding hydrogens is 374 g/mol. The number of anilines is 2. The van der Waals surface area contributed by atoms with E-state index in [-0.39, 0.29) is 23.6 Å². The lowest BCUT2D eigenvalue weighted by atomic mass is 10.2. The third-order valence-corrected chi connectivity index (χ3v) is 4.00. The number of nitrogens with zero attached hydrogens (tertiary/aromatic N) is 2. The third kappa shape index (κ3) is 4.99. The lowest BCUT2D eigenvalue weighted by Crippen LogP contribution is -2.25. The van der Waals surface area contributed by atoms with Gasteiger partial charge in [0.05, 0.1) is 24.5 Å². The number of rotatable bonds is 9. The van der Waals surface area contributed by atoms with Crippen LogP contribution in [0.3, 0.4) is 0 Å². The average molecular weight is 394 g/mol. The van der Waals surface area contributed by atoms with Crippen LogP contribution >= 0.6 is 0 Å². The Labute approximate surface area is 167 Å². The van der Waals surface area contributed by atoms with Crippen molar-refractivity contribution in [1.82, 2.24) is 9.78 Å². The van der Waals surface area contributed by atoms with E-state index >= 15 is 0 Å². The van der Waals surface area contributed by atoms with Gasteiger partial charge in [0.1, 0.15) is 6.61 Å². The molecule has 0 saturated heterocycles. The third-order valence-electron chi connectivity index (χ3n) is 4.00. The summed E-state index contributed by atoms with van der Waals surface area (Å²) < 4.78 is 12.2. The molecule has 0 unspecified atom stereocenters. The number of hydrogen-bond acceptors (Lipinski definition) is 7. The molecule has 150 valence electrons. The highest BCUT2D eigenvalue weighted by Gasteiger charge is 2.15. The van der Waals surface area contributed by atoms with Gasteiger partial charge in [-0.3, -0.25) is 4.79 Å². The Hall–Kier alpha value is -3.65. The van der Waals surface area contributed by atoms with Crippen LogP contribution in [0, 0.1) is 0 Å². The average Bonchev–Trinajstić information content (AvgIpc) is 2.74. The highest BCUT2D eigenvalue weighted by molar-refractivity contribution is 5.87. The zero-order valence-corrected chi connectivity index (χ0v) is 15.8. The normalized spacial score (nSPS) is 10.5. The number of nitrogens with one attached hydrogen (secondary N) is 1. The molecule has 1 heterocycles. The molecule has 0 atom stereocenters. The molecule has 8 heteroatoms. The smallest absolute Gasteiger partial charge is 0.299 e. The van der Waals surface area contributed by atoms with Gasteiger partial charge < -0.3 is 24.7 Å². The first-order valence-electron chi connectivity index (χ1n) is 9.07. The summed E-state index contributed by atoms with van der Waals surface area (Å²) in [5.74, 6) is -1.07. The maximum atomic E-state index is 13.1. The quantitative estimate of drug-likeness (QED) is 0.551. The van der Waals surface area contributed by atoms with Gasteiger partial charge in [0.15, 0.2) is 11.4 Å². The first-order valence-corrected chi connectivity index (χ1v) is 9.07. The van der Waals surface area contributed by atoms with Crippen LogP contribution in [0.4, 0.5) is 11.4 Å². The number of carbonyl (C=O) groups excluding carboxylic acids is 1. The van der Waals surface area contributed by atoms with E-state index in [0.717, 1.165) is 0 Å². The molecule has 3 aromatic rings. The molecule has 0 bridgehead atoms. The molecule has 3 rings (SSSR count). The van der Waals surface area contributed by atoms with Crippen molar-refractivity contribution in [3.63, 3.8) is 0 Å². The summed E-state index contributed by atoms with van der Waals surface area (Å²) in [5.41, 5.74) is 0.681. The summed E-state index contributed by atoms with van der Waals surface area (Å²) in [7, 11) is 0. The van der Waals surface area contributed by atoms with Crippen LogP contribution in [0.1, 0.15) is 17.3 Å². The van der Waals surface area contributed by atoms with Crippen molar-refractivity contribution in [3.05, 3.63) is 76.7 Å². The van der Waals surface area contributed by atoms with Crippen LogP contribution in [0.25, 0.3) is 5.69 Å². The van der Waals surface area contributed by atoms with Gasteiger partial charge in [-0.25, -0.2) is 0 Å². The Morgan fingerprint density at radius 2 is 1.93 bits per heavy atom. The fourth-order valence-corrected chi connectivity index (χ4v) is 2.64. The second kappa shape index (κ2) is 9.52. The highest BCUT2D eigenvalue weighted by atomic mass is 16.5. The summed E-state index contributed by atoms with van der Waals surface area (Å²) in [6, 6.07) is 14.9. The van der Waals surface area contributed by atoms with E-state index < -0.39 is 11.5 Å². The Bertz CT molecular complexity index is 1030. The van der Waals surface area contributed by atoms with Gasteiger partial charge in [0.2, 0.25) is 0 Å². The molecule has 1 aromatic heterocycles. The zero-order chi connectivity index (χ0) is 20.6. The molecule has 1 N–H and O–H groups in total. The molecule has 0 radical (unpaired) electrons. The van der Waals surface area contributed by atoms with Gasteiger partial charge in [-0.15, -0.1) is 0 Å². The summed E-state index contributed by atoms with van der Waals surface area (Å²) in [4.78, 5) is 24.2. The molecule has 8 nitrogen and oxygen atoms in total. The van der Waals surface area contributed by atoms with Crippen molar-refractivity contribution >= 4 is 17.3 Å². The van der Waals surface area contributed by atoms with Crippen molar-refractivity contribution in [2.24, 2.45) is 0 Å². The summed E-state index contributed by atoms with van der Waals surface area (Å²) in [6.45, 7) is 3.02. The first kappa shape index (κ1) is 20.1. The van der Waals surface area contributed by atoms with E-state index in [1.54, 1.807) is 36.4 Å². The summed E-state index contributed by atoms with van der Waals surface area (Å²) in [6.07, 6.45) is 1.44. The number of ether oxygens (including phenoxy) is 2. The SMILES string of the molecule is CCOCCOc1cnn(-c2ccccc2)c(=O)c1Nc1cccc(C(=O)[O-])c1. The van der Waals surface area contributed by atoms with Crippen LogP contribution < -0.4 is 20.7 Å². The van der Waals surface area contributed by atoms with Crippen molar-refractivity contribution < 1.29 is 19.4 Å². The maximum absolute atomic E-state index is 13.1. The largest absolute Gasteiger partial charge is 0.545 e. The molecule has 0 fully saturated rings. The van der Waals surface area contributed by atoms with E-state index in [1.807, 2.05) is 13.0 Å². The van der Waals surface area contributed by atoms with Gasteiger partial charge in [-0.1, -0.05) is 30.3 Å². The number of carbonyl (C=O) groups is 1. The Kier molecular flexibility index (Phi) is 6.59. The van der Waals surface area contributed by atoms with Crippen molar-refractivity contribution in [1.29, 1.82) is 0 Å². The van der Waals surface area contributed by atoms with Crippen LogP contribution in [0.2, 0.25) is 0 Å². The fourth-order valence-electron chi connectivity index (χ4n) is 2.64. The second-order valence-corrected chi connectivity index (χ2v) is 5.97. The summed E-state index contributed by atoms with van der Waals surface area (Å²) in [5, 5.41) is 18.3. The van der Waals surface area contributed by atoms with Crippen molar-refractivity contribution in [2.45, 2.75) is 6.92 Å². The van der Waals surface area contributed by atoms with Crippen LogP contribution in [-0.4, -0.2) is 35.6 Å². The highest BCUT2D eigenvalue weighted by Crippen LogP contribution is 2.24. The minimum Gasteiger partial charge on any atom is -0.545 e. The lowest BCUT2D eigenvalue weighted by molar-refractivity contribution is -0.255. The van der Waals surface area contributed by atoms with E-state index in [9.17, 15) is 14.7 Å². The maximum Gasteiger partial charge on any atom is 0.299 e. The lowest BCUT2D eigenvalue weighted by Gasteiger charge is -2.15. The van der Waals surface area contributed by atoms with Gasteiger partial charge in [-0.05, 0) is 36.8 Å². The Morgan fingerprint density at radius 1 is 1.14 bits per heavy atom. The number of aromatic nitrogens is 2. The zero-order valence-electron chi connectivity index (χ0n) is 15.8. The van der Waals surface area contributed by atoms with Crippen LogP contribution in [0.15, 0.2) is 65.6 Å². The Balaban J connectivity index is 1.99. The number of para-hydroxylation sites is 1. The molecule has 2 aromatic carbocycles. The summed E-state index contributed by atoms with van der Waals surface area (Å²) >= 11 is 0. The van der Waals surface area contributed by atoms with Crippen molar-refractivity contribution in [3.8, 4) is 11.4 Å². The number of benzene rings is 2. The molecule has 0 aliphatic heterocycles. The molecule has 0 aliphatic carbocycles. The number of carboxylic acid groups (broad SMARTS) is 1. The van der Waals surface area contributed by atoms with Gasteiger partial charge in [0, 0.05) is 12.3 Å². The topological polar surface area (TPSA) is 106 Å². The van der Waals surface area contributed by atoms with Gasteiger partial charge >= 0.3 is 0 Å². The molecule has 0 aliphatic rings. The standard InChI is InChI=1S/C21H21N3O5/c1-2-28-11-12-29-18-14-22-24(17-9-4-3-5-10-17)20(25)19(18)23-16-8-6-7-15(13-16)21(26)27/h3-10,13-14,23H,2,11-12H2,1H3,(H,26,27)/p-1. The molecule has 0 amide bonds. The monoisotopic (exact) mass is 394 g/mol. The van der Waals surface area contributed by atoms with E-state index in [4.69, 9.17) is 9.47 Å². The number of aromatic carboxylic acids is 1. The number of hydrogen-bond donors (Lipinski definition) is 1. The molecular formula is C21H20N3O5-. The Morgan fingerprint density at radius 3 is 2.66 bits per heavy atom. The van der Waals surface area contributed by atoms with Gasteiger partial charge in [0.25, 0.3) is 5.56 Å². The van der Waals surface area contributed by atoms with E-state index in [0.29, 0.717) is 24.6 Å². The molecule has 29 heavy (non-hydrogen) atoms. The number of carboxylic acids is 1. The van der Waals surface area contributed by atoms with Crippen LogP contribution in [0.5, 0.6) is 5.75 Å². The van der Waals surface area contributed by atoms with E-state index in [2.05, 4.69) is 10.4 Å². The predicted molar refractivity (Wildman–Crippen MR) is 106 cm³/mol. The van der Waals surface area contributed by atoms with Crippen molar-refractivity contribution in [2.75, 3.05) is 25.1 Å². The van der Waals surface area contributed by atoms with Crippen LogP contribution in [-0.2, 0) is 4.74 Å². The van der Waals surface area contributed by atoms with Gasteiger partial charge in [-0.2, -0.15) is 9.78 Å². The minimum absolute atomic E-state index is 0.00810. The first-order chi connectivity index (χ1) is 14.1. The predicted octanol–water partition coefficient (Wildman–Crippen LogP) is 1.75. The molecule has 0 spiro atoms. The molecule has 0 saturated carbocycles.